The summed E-state index contributed by atoms with van der Waals surface area (Å²) >= 11 is 0. The molecule has 1 aliphatic carbocycles. The third kappa shape index (κ3) is 3.55. The van der Waals surface area contributed by atoms with Gasteiger partial charge < -0.3 is 9.53 Å². The van der Waals surface area contributed by atoms with Gasteiger partial charge in [-0.1, -0.05) is 32.6 Å². The van der Waals surface area contributed by atoms with Crippen LogP contribution in [0.15, 0.2) is 0 Å². The summed E-state index contributed by atoms with van der Waals surface area (Å²) < 4.78 is 5.71. The smallest absolute Gasteiger partial charge is 0.127 e. The second-order valence-electron chi connectivity index (χ2n) is 6.03. The molecule has 3 nitrogen and oxygen atoms in total. The fraction of sp³-hybridized carbons (Fsp3) is 0.933. The molecule has 1 heterocycles. The number of hydrogen-bond acceptors (Lipinski definition) is 3. The molecule has 0 bridgehead atoms. The van der Waals surface area contributed by atoms with Gasteiger partial charge in [-0.15, -0.1) is 0 Å². The SMILES string of the molecule is CCC1CN(CC2(C=O)CCCCCC2)CCO1. The lowest BCUT2D eigenvalue weighted by atomic mass is 9.81. The minimum Gasteiger partial charge on any atom is -0.376 e. The van der Waals surface area contributed by atoms with Crippen molar-refractivity contribution in [1.29, 1.82) is 0 Å². The normalized spacial score (nSPS) is 29.7. The molecule has 0 radical (unpaired) electrons. The summed E-state index contributed by atoms with van der Waals surface area (Å²) in [4.78, 5) is 14.1. The van der Waals surface area contributed by atoms with Crippen molar-refractivity contribution in [2.75, 3.05) is 26.2 Å². The van der Waals surface area contributed by atoms with E-state index in [-0.39, 0.29) is 5.41 Å². The highest BCUT2D eigenvalue weighted by Gasteiger charge is 2.34. The van der Waals surface area contributed by atoms with E-state index in [2.05, 4.69) is 11.8 Å². The molecule has 1 unspecified atom stereocenters. The van der Waals surface area contributed by atoms with Gasteiger partial charge in [-0.05, 0) is 19.3 Å². The average molecular weight is 253 g/mol. The molecule has 1 atom stereocenters. The van der Waals surface area contributed by atoms with Crippen molar-refractivity contribution in [3.05, 3.63) is 0 Å². The molecule has 0 aromatic rings. The van der Waals surface area contributed by atoms with Crippen molar-refractivity contribution in [3.8, 4) is 0 Å². The molecule has 1 aliphatic heterocycles. The molecule has 1 saturated carbocycles. The maximum atomic E-state index is 11.6. The predicted molar refractivity (Wildman–Crippen MR) is 72.7 cm³/mol. The van der Waals surface area contributed by atoms with Crippen molar-refractivity contribution in [1.82, 2.24) is 4.90 Å². The largest absolute Gasteiger partial charge is 0.376 e. The third-order valence-corrected chi connectivity index (χ3v) is 4.57. The molecule has 2 aliphatic rings. The first-order valence-corrected chi connectivity index (χ1v) is 7.58. The van der Waals surface area contributed by atoms with Crippen LogP contribution < -0.4 is 0 Å². The van der Waals surface area contributed by atoms with Crippen LogP contribution in [0.25, 0.3) is 0 Å². The van der Waals surface area contributed by atoms with Crippen molar-refractivity contribution in [3.63, 3.8) is 0 Å². The van der Waals surface area contributed by atoms with Crippen LogP contribution in [0.2, 0.25) is 0 Å². The predicted octanol–water partition coefficient (Wildman–Crippen LogP) is 2.64. The highest BCUT2D eigenvalue weighted by atomic mass is 16.5. The number of hydrogen-bond donors (Lipinski definition) is 0. The summed E-state index contributed by atoms with van der Waals surface area (Å²) in [6.45, 7) is 5.96. The molecule has 104 valence electrons. The zero-order valence-corrected chi connectivity index (χ0v) is 11.7. The van der Waals surface area contributed by atoms with Gasteiger partial charge in [0.05, 0.1) is 12.7 Å². The van der Waals surface area contributed by atoms with E-state index < -0.39 is 0 Å². The fourth-order valence-electron chi connectivity index (χ4n) is 3.36. The Morgan fingerprint density at radius 1 is 1.28 bits per heavy atom. The molecular weight excluding hydrogens is 226 g/mol. The Hall–Kier alpha value is -0.410. The molecule has 1 saturated heterocycles. The van der Waals surface area contributed by atoms with Crippen LogP contribution in [0.4, 0.5) is 0 Å². The highest BCUT2D eigenvalue weighted by Crippen LogP contribution is 2.34. The van der Waals surface area contributed by atoms with Crippen LogP contribution >= 0.6 is 0 Å². The molecule has 0 aromatic carbocycles. The number of ether oxygens (including phenoxy) is 1. The van der Waals surface area contributed by atoms with Crippen molar-refractivity contribution in [2.45, 2.75) is 58.0 Å². The maximum absolute atomic E-state index is 11.6. The number of aldehydes is 1. The Bertz CT molecular complexity index is 259. The van der Waals surface area contributed by atoms with Gasteiger partial charge in [0.2, 0.25) is 0 Å². The van der Waals surface area contributed by atoms with Crippen LogP contribution in [0, 0.1) is 5.41 Å². The van der Waals surface area contributed by atoms with E-state index >= 15 is 0 Å². The van der Waals surface area contributed by atoms with E-state index in [0.717, 1.165) is 45.5 Å². The lowest BCUT2D eigenvalue weighted by Gasteiger charge is -2.38. The molecule has 3 heteroatoms. The van der Waals surface area contributed by atoms with Crippen LogP contribution in [-0.4, -0.2) is 43.5 Å². The van der Waals surface area contributed by atoms with Crippen molar-refractivity contribution >= 4 is 6.29 Å². The maximum Gasteiger partial charge on any atom is 0.127 e. The second-order valence-corrected chi connectivity index (χ2v) is 6.03. The van der Waals surface area contributed by atoms with E-state index in [4.69, 9.17) is 4.74 Å². The summed E-state index contributed by atoms with van der Waals surface area (Å²) in [5.41, 5.74) is -0.0634. The van der Waals surface area contributed by atoms with Gasteiger partial charge >= 0.3 is 0 Å². The quantitative estimate of drug-likeness (QED) is 0.570. The first-order chi connectivity index (χ1) is 8.78. The molecule has 2 rings (SSSR count). The molecule has 0 spiro atoms. The average Bonchev–Trinajstić information content (AvgIpc) is 2.65. The van der Waals surface area contributed by atoms with Gasteiger partial charge in [-0.3, -0.25) is 4.90 Å². The fourth-order valence-corrected chi connectivity index (χ4v) is 3.36. The van der Waals surface area contributed by atoms with E-state index in [9.17, 15) is 4.79 Å². The third-order valence-electron chi connectivity index (χ3n) is 4.57. The topological polar surface area (TPSA) is 29.5 Å². The molecule has 2 fully saturated rings. The van der Waals surface area contributed by atoms with Crippen LogP contribution in [0.5, 0.6) is 0 Å². The van der Waals surface area contributed by atoms with Gasteiger partial charge in [0, 0.05) is 25.0 Å². The van der Waals surface area contributed by atoms with E-state index in [0.29, 0.717) is 6.10 Å². The minimum absolute atomic E-state index is 0.0634. The second kappa shape index (κ2) is 6.67. The van der Waals surface area contributed by atoms with E-state index in [1.165, 1.54) is 32.0 Å². The molecular formula is C15H27NO2. The zero-order valence-electron chi connectivity index (χ0n) is 11.7. The summed E-state index contributed by atoms with van der Waals surface area (Å²) in [7, 11) is 0. The van der Waals surface area contributed by atoms with Crippen LogP contribution in [-0.2, 0) is 9.53 Å². The Kier molecular flexibility index (Phi) is 5.19. The number of carbonyl (C=O) groups is 1. The summed E-state index contributed by atoms with van der Waals surface area (Å²) in [5.74, 6) is 0. The summed E-state index contributed by atoms with van der Waals surface area (Å²) in [5, 5.41) is 0. The van der Waals surface area contributed by atoms with Crippen LogP contribution in [0.1, 0.15) is 51.9 Å². The zero-order chi connectivity index (χ0) is 12.8. The lowest BCUT2D eigenvalue weighted by molar-refractivity contribution is -0.120. The Balaban J connectivity index is 1.93. The minimum atomic E-state index is -0.0634. The van der Waals surface area contributed by atoms with Crippen molar-refractivity contribution < 1.29 is 9.53 Å². The monoisotopic (exact) mass is 253 g/mol. The van der Waals surface area contributed by atoms with Gasteiger partial charge in [-0.2, -0.15) is 0 Å². The number of nitrogens with zero attached hydrogens (tertiary/aromatic N) is 1. The number of rotatable bonds is 4. The Morgan fingerprint density at radius 2 is 2.00 bits per heavy atom. The molecule has 0 N–H and O–H groups in total. The van der Waals surface area contributed by atoms with Gasteiger partial charge in [0.25, 0.3) is 0 Å². The number of carbonyl (C=O) groups excluding carboxylic acids is 1. The number of morpholine rings is 1. The standard InChI is InChI=1S/C15H27NO2/c1-2-14-11-16(9-10-18-14)12-15(13-17)7-5-3-4-6-8-15/h13-14H,2-12H2,1H3. The van der Waals surface area contributed by atoms with Crippen LogP contribution in [0.3, 0.4) is 0 Å². The van der Waals surface area contributed by atoms with E-state index in [1.807, 2.05) is 0 Å². The lowest BCUT2D eigenvalue weighted by Crippen LogP contribution is -2.47. The Labute approximate surface area is 111 Å². The first kappa shape index (κ1) is 14.0. The molecule has 18 heavy (non-hydrogen) atoms. The van der Waals surface area contributed by atoms with Gasteiger partial charge in [0.1, 0.15) is 6.29 Å². The van der Waals surface area contributed by atoms with Gasteiger partial charge in [0.15, 0.2) is 0 Å². The van der Waals surface area contributed by atoms with Crippen molar-refractivity contribution in [2.24, 2.45) is 5.41 Å². The first-order valence-electron chi connectivity index (χ1n) is 7.58. The molecule has 0 amide bonds. The van der Waals surface area contributed by atoms with Gasteiger partial charge in [-0.25, -0.2) is 0 Å². The highest BCUT2D eigenvalue weighted by molar-refractivity contribution is 5.59. The Morgan fingerprint density at radius 3 is 2.61 bits per heavy atom. The summed E-state index contributed by atoms with van der Waals surface area (Å²) in [6.07, 6.45) is 9.93. The summed E-state index contributed by atoms with van der Waals surface area (Å²) in [6, 6.07) is 0. The van der Waals surface area contributed by atoms with E-state index in [1.54, 1.807) is 0 Å². The molecule has 0 aromatic heterocycles.